The van der Waals surface area contributed by atoms with E-state index in [4.69, 9.17) is 16.9 Å². The van der Waals surface area contributed by atoms with Gasteiger partial charge in [-0.3, -0.25) is 4.90 Å². The van der Waals surface area contributed by atoms with Crippen LogP contribution in [0.3, 0.4) is 0 Å². The van der Waals surface area contributed by atoms with Gasteiger partial charge in [-0.05, 0) is 32.3 Å². The maximum atomic E-state index is 9.00. The third kappa shape index (κ3) is 2.48. The van der Waals surface area contributed by atoms with E-state index in [2.05, 4.69) is 22.0 Å². The van der Waals surface area contributed by atoms with Crippen molar-refractivity contribution in [3.63, 3.8) is 0 Å². The lowest BCUT2D eigenvalue weighted by atomic mass is 10.1. The normalized spacial score (nSPS) is 12.6. The van der Waals surface area contributed by atoms with E-state index in [1.165, 1.54) is 0 Å². The molecule has 0 amide bonds. The van der Waals surface area contributed by atoms with Crippen molar-refractivity contribution in [2.75, 3.05) is 14.1 Å². The van der Waals surface area contributed by atoms with Crippen molar-refractivity contribution in [1.82, 2.24) is 4.90 Å². The Labute approximate surface area is 97.2 Å². The summed E-state index contributed by atoms with van der Waals surface area (Å²) < 4.78 is 0.930. The summed E-state index contributed by atoms with van der Waals surface area (Å²) in [7, 11) is 3.70. The molecule has 1 atom stereocenters. The van der Waals surface area contributed by atoms with Gasteiger partial charge in [-0.2, -0.15) is 5.26 Å². The molecule has 0 aromatic heterocycles. The maximum Gasteiger partial charge on any atom is 0.124 e. The molecule has 1 rings (SSSR count). The van der Waals surface area contributed by atoms with Gasteiger partial charge >= 0.3 is 0 Å². The van der Waals surface area contributed by atoms with Gasteiger partial charge in [0.05, 0.1) is 6.07 Å². The number of halogens is 2. The molecule has 0 saturated carbocycles. The molecule has 0 aliphatic carbocycles. The first-order valence-electron chi connectivity index (χ1n) is 4.07. The van der Waals surface area contributed by atoms with Crippen molar-refractivity contribution >= 4 is 27.5 Å². The molecule has 0 spiro atoms. The van der Waals surface area contributed by atoms with Gasteiger partial charge in [0.25, 0.3) is 0 Å². The quantitative estimate of drug-likeness (QED) is 0.827. The molecular weight excluding hydrogens is 263 g/mol. The molecule has 0 aliphatic heterocycles. The van der Waals surface area contributed by atoms with Crippen LogP contribution >= 0.6 is 27.5 Å². The Balaban J connectivity index is 3.17. The fraction of sp³-hybridized carbons (Fsp3) is 0.300. The lowest BCUT2D eigenvalue weighted by Gasteiger charge is -2.18. The van der Waals surface area contributed by atoms with Crippen molar-refractivity contribution in [2.45, 2.75) is 6.04 Å². The van der Waals surface area contributed by atoms with Crippen LogP contribution in [0.25, 0.3) is 0 Å². The average Bonchev–Trinajstić information content (AvgIpc) is 2.11. The fourth-order valence-electron chi connectivity index (χ4n) is 1.19. The second-order valence-corrected chi connectivity index (χ2v) is 4.48. The summed E-state index contributed by atoms with van der Waals surface area (Å²) in [6, 6.07) is 7.42. The number of benzene rings is 1. The molecule has 0 fully saturated rings. The molecule has 1 unspecified atom stereocenters. The second kappa shape index (κ2) is 4.79. The zero-order chi connectivity index (χ0) is 10.7. The molecule has 0 heterocycles. The second-order valence-electron chi connectivity index (χ2n) is 3.16. The van der Waals surface area contributed by atoms with Gasteiger partial charge in [-0.1, -0.05) is 27.5 Å². The topological polar surface area (TPSA) is 27.0 Å². The van der Waals surface area contributed by atoms with Gasteiger partial charge in [0, 0.05) is 15.1 Å². The standard InChI is InChI=1S/C10H10BrClN2/c1-14(2)10(6-13)8-5-7(11)3-4-9(8)12/h3-5,10H,1-2H3. The summed E-state index contributed by atoms with van der Waals surface area (Å²) in [6.07, 6.45) is 0. The number of hydrogen-bond acceptors (Lipinski definition) is 2. The van der Waals surface area contributed by atoms with E-state index < -0.39 is 0 Å². The molecule has 74 valence electrons. The molecule has 0 saturated heterocycles. The van der Waals surface area contributed by atoms with Crippen LogP contribution in [-0.2, 0) is 0 Å². The van der Waals surface area contributed by atoms with Crippen LogP contribution < -0.4 is 0 Å². The van der Waals surface area contributed by atoms with Crippen LogP contribution in [0.5, 0.6) is 0 Å². The van der Waals surface area contributed by atoms with Crippen LogP contribution in [-0.4, -0.2) is 19.0 Å². The molecule has 1 aromatic rings. The van der Waals surface area contributed by atoms with Gasteiger partial charge in [0.2, 0.25) is 0 Å². The lowest BCUT2D eigenvalue weighted by Crippen LogP contribution is -2.18. The summed E-state index contributed by atoms with van der Waals surface area (Å²) in [5.41, 5.74) is 0.827. The van der Waals surface area contributed by atoms with Crippen LogP contribution in [0, 0.1) is 11.3 Å². The smallest absolute Gasteiger partial charge is 0.124 e. The first kappa shape index (κ1) is 11.5. The van der Waals surface area contributed by atoms with E-state index in [-0.39, 0.29) is 6.04 Å². The molecular formula is C10H10BrClN2. The van der Waals surface area contributed by atoms with Crippen LogP contribution in [0.4, 0.5) is 0 Å². The molecule has 0 bridgehead atoms. The highest BCUT2D eigenvalue weighted by molar-refractivity contribution is 9.10. The number of nitrogens with zero attached hydrogens (tertiary/aromatic N) is 2. The highest BCUT2D eigenvalue weighted by atomic mass is 79.9. The molecule has 4 heteroatoms. The first-order valence-corrected chi connectivity index (χ1v) is 5.24. The van der Waals surface area contributed by atoms with Crippen molar-refractivity contribution in [3.05, 3.63) is 33.3 Å². The minimum Gasteiger partial charge on any atom is -0.290 e. The Kier molecular flexibility index (Phi) is 3.94. The Hall–Kier alpha value is -0.560. The van der Waals surface area contributed by atoms with Gasteiger partial charge in [0.1, 0.15) is 6.04 Å². The number of hydrogen-bond donors (Lipinski definition) is 0. The third-order valence-electron chi connectivity index (χ3n) is 1.89. The lowest BCUT2D eigenvalue weighted by molar-refractivity contribution is 0.358. The predicted molar refractivity (Wildman–Crippen MR) is 61.2 cm³/mol. The number of nitriles is 1. The number of rotatable bonds is 2. The third-order valence-corrected chi connectivity index (χ3v) is 2.73. The van der Waals surface area contributed by atoms with E-state index >= 15 is 0 Å². The SMILES string of the molecule is CN(C)C(C#N)c1cc(Br)ccc1Cl. The minimum atomic E-state index is -0.306. The summed E-state index contributed by atoms with van der Waals surface area (Å²) in [4.78, 5) is 1.83. The molecule has 0 N–H and O–H groups in total. The first-order chi connectivity index (χ1) is 6.56. The van der Waals surface area contributed by atoms with Gasteiger partial charge in [0.15, 0.2) is 0 Å². The van der Waals surface area contributed by atoms with Crippen molar-refractivity contribution in [2.24, 2.45) is 0 Å². The van der Waals surface area contributed by atoms with E-state index in [0.717, 1.165) is 10.0 Å². The molecule has 2 nitrogen and oxygen atoms in total. The van der Waals surface area contributed by atoms with Crippen molar-refractivity contribution in [1.29, 1.82) is 5.26 Å². The summed E-state index contributed by atoms with van der Waals surface area (Å²) in [6.45, 7) is 0. The summed E-state index contributed by atoms with van der Waals surface area (Å²) in [5, 5.41) is 9.62. The van der Waals surface area contributed by atoms with E-state index in [1.54, 1.807) is 6.07 Å². The fourth-order valence-corrected chi connectivity index (χ4v) is 1.79. The Morgan fingerprint density at radius 2 is 2.14 bits per heavy atom. The van der Waals surface area contributed by atoms with Crippen LogP contribution in [0.1, 0.15) is 11.6 Å². The molecule has 0 radical (unpaired) electrons. The van der Waals surface area contributed by atoms with Gasteiger partial charge in [-0.15, -0.1) is 0 Å². The molecule has 0 aliphatic rings. The predicted octanol–water partition coefficient (Wildman–Crippen LogP) is 3.23. The van der Waals surface area contributed by atoms with E-state index in [1.807, 2.05) is 31.1 Å². The van der Waals surface area contributed by atoms with Crippen LogP contribution in [0.2, 0.25) is 5.02 Å². The largest absolute Gasteiger partial charge is 0.290 e. The van der Waals surface area contributed by atoms with Crippen molar-refractivity contribution < 1.29 is 0 Å². The zero-order valence-electron chi connectivity index (χ0n) is 7.96. The molecule has 14 heavy (non-hydrogen) atoms. The Bertz CT molecular complexity index is 371. The Morgan fingerprint density at radius 1 is 1.50 bits per heavy atom. The van der Waals surface area contributed by atoms with Crippen molar-refractivity contribution in [3.8, 4) is 6.07 Å². The highest BCUT2D eigenvalue weighted by Gasteiger charge is 2.16. The zero-order valence-corrected chi connectivity index (χ0v) is 10.3. The Morgan fingerprint density at radius 3 is 2.64 bits per heavy atom. The molecule has 1 aromatic carbocycles. The van der Waals surface area contributed by atoms with Gasteiger partial charge < -0.3 is 0 Å². The average molecular weight is 274 g/mol. The highest BCUT2D eigenvalue weighted by Crippen LogP contribution is 2.28. The minimum absolute atomic E-state index is 0.306. The summed E-state index contributed by atoms with van der Waals surface area (Å²) in [5.74, 6) is 0. The van der Waals surface area contributed by atoms with Gasteiger partial charge in [-0.25, -0.2) is 0 Å². The maximum absolute atomic E-state index is 9.00. The summed E-state index contributed by atoms with van der Waals surface area (Å²) >= 11 is 9.37. The van der Waals surface area contributed by atoms with E-state index in [9.17, 15) is 0 Å². The monoisotopic (exact) mass is 272 g/mol. The van der Waals surface area contributed by atoms with E-state index in [0.29, 0.717) is 5.02 Å². The van der Waals surface area contributed by atoms with Crippen LogP contribution in [0.15, 0.2) is 22.7 Å².